The van der Waals surface area contributed by atoms with Crippen LogP contribution in [0.4, 0.5) is 0 Å². The molecule has 8 bridgehead atoms. The van der Waals surface area contributed by atoms with Gasteiger partial charge in [0.1, 0.15) is 0 Å². The van der Waals surface area contributed by atoms with Gasteiger partial charge in [-0.15, -0.1) is 0 Å². The van der Waals surface area contributed by atoms with E-state index in [0.717, 1.165) is 74.0 Å². The lowest BCUT2D eigenvalue weighted by Gasteiger charge is -2.57. The van der Waals surface area contributed by atoms with Gasteiger partial charge in [-0.3, -0.25) is 9.59 Å². The minimum Gasteiger partial charge on any atom is -0.463 e. The highest BCUT2D eigenvalue weighted by molar-refractivity contribution is 5.88. The molecule has 8 fully saturated rings. The molecule has 1 atom stereocenters. The third-order valence-electron chi connectivity index (χ3n) is 10.6. The van der Waals surface area contributed by atoms with Crippen molar-refractivity contribution in [3.63, 3.8) is 0 Å². The molecule has 0 aromatic carbocycles. The van der Waals surface area contributed by atoms with Crippen LogP contribution >= 0.6 is 0 Å². The van der Waals surface area contributed by atoms with Gasteiger partial charge in [0.15, 0.2) is 0 Å². The summed E-state index contributed by atoms with van der Waals surface area (Å²) in [5, 5.41) is 0. The molecule has 8 aliphatic carbocycles. The maximum Gasteiger partial charge on any atom is 0.372 e. The largest absolute Gasteiger partial charge is 0.463 e. The van der Waals surface area contributed by atoms with E-state index in [4.69, 9.17) is 14.2 Å². The summed E-state index contributed by atoms with van der Waals surface area (Å²) in [5.41, 5.74) is 0.00505. The van der Waals surface area contributed by atoms with E-state index in [1.807, 2.05) is 0 Å². The van der Waals surface area contributed by atoms with Crippen molar-refractivity contribution in [2.45, 2.75) is 96.2 Å². The van der Waals surface area contributed by atoms with E-state index >= 15 is 0 Å². The molecule has 0 aromatic heterocycles. The van der Waals surface area contributed by atoms with Crippen molar-refractivity contribution in [2.24, 2.45) is 46.3 Å². The van der Waals surface area contributed by atoms with E-state index in [2.05, 4.69) is 6.58 Å². The summed E-state index contributed by atoms with van der Waals surface area (Å²) in [4.78, 5) is 38.8. The first-order valence-electron chi connectivity index (χ1n) is 13.9. The average Bonchev–Trinajstić information content (AvgIpc) is 2.75. The second-order valence-corrected chi connectivity index (χ2v) is 13.5. The maximum atomic E-state index is 13.6. The van der Waals surface area contributed by atoms with Crippen LogP contribution in [0.15, 0.2) is 12.3 Å². The highest BCUT2D eigenvalue weighted by Crippen LogP contribution is 2.62. The normalized spacial score (nSPS) is 43.0. The van der Waals surface area contributed by atoms with Crippen LogP contribution in [0.25, 0.3) is 0 Å². The number of ether oxygens (including phenoxy) is 3. The smallest absolute Gasteiger partial charge is 0.372 e. The molecule has 35 heavy (non-hydrogen) atoms. The molecule has 0 saturated heterocycles. The van der Waals surface area contributed by atoms with Crippen molar-refractivity contribution in [1.82, 2.24) is 0 Å². The summed E-state index contributed by atoms with van der Waals surface area (Å²) in [7, 11) is 1.24. The molecule has 0 N–H and O–H groups in total. The van der Waals surface area contributed by atoms with Gasteiger partial charge in [-0.2, -0.15) is 0 Å². The summed E-state index contributed by atoms with van der Waals surface area (Å²) < 4.78 is 16.1. The molecule has 0 spiro atoms. The highest BCUT2D eigenvalue weighted by Gasteiger charge is 2.54. The summed E-state index contributed by atoms with van der Waals surface area (Å²) in [5.74, 6) is 2.69. The second-order valence-electron chi connectivity index (χ2n) is 13.5. The van der Waals surface area contributed by atoms with E-state index in [-0.39, 0.29) is 28.3 Å². The number of ketones is 1. The monoisotopic (exact) mass is 484 g/mol. The fourth-order valence-electron chi connectivity index (χ4n) is 10.4. The Morgan fingerprint density at radius 3 is 1.51 bits per heavy atom. The Balaban J connectivity index is 1.15. The quantitative estimate of drug-likeness (QED) is 0.190. The average molecular weight is 485 g/mol. The summed E-state index contributed by atoms with van der Waals surface area (Å²) in [6, 6.07) is 0. The van der Waals surface area contributed by atoms with Gasteiger partial charge in [-0.25, -0.2) is 4.79 Å². The molecule has 0 amide bonds. The van der Waals surface area contributed by atoms with Crippen LogP contribution < -0.4 is 0 Å². The molecule has 8 aliphatic rings. The van der Waals surface area contributed by atoms with Gasteiger partial charge in [-0.05, 0) is 130 Å². The fourth-order valence-corrected chi connectivity index (χ4v) is 10.4. The molecular weight excluding hydrogens is 444 g/mol. The number of methoxy groups -OCH3 is 1. The molecule has 6 nitrogen and oxygen atoms in total. The van der Waals surface area contributed by atoms with E-state index in [9.17, 15) is 14.4 Å². The molecule has 0 radical (unpaired) electrons. The van der Waals surface area contributed by atoms with Gasteiger partial charge in [0, 0.05) is 6.42 Å². The Hall–Kier alpha value is -1.85. The molecule has 0 heterocycles. The van der Waals surface area contributed by atoms with Crippen molar-refractivity contribution in [1.29, 1.82) is 0 Å². The van der Waals surface area contributed by atoms with Gasteiger partial charge in [0.2, 0.25) is 11.5 Å². The minimum absolute atomic E-state index is 0.00756. The molecule has 0 aromatic rings. The topological polar surface area (TPSA) is 78.9 Å². The molecule has 192 valence electrons. The Bertz CT molecular complexity index is 848. The third kappa shape index (κ3) is 4.55. The van der Waals surface area contributed by atoms with Crippen LogP contribution in [0.3, 0.4) is 0 Å². The first kappa shape index (κ1) is 23.5. The molecule has 8 rings (SSSR count). The Morgan fingerprint density at radius 2 is 1.11 bits per heavy atom. The summed E-state index contributed by atoms with van der Waals surface area (Å²) in [6.45, 7) is 3.62. The van der Waals surface area contributed by atoms with Gasteiger partial charge in [0.25, 0.3) is 0 Å². The zero-order chi connectivity index (χ0) is 24.4. The van der Waals surface area contributed by atoms with E-state index in [1.54, 1.807) is 0 Å². The SMILES string of the molecule is C=C(OC(OC(=O)CC12CC3CC(CC(C3)C1)C2)C(=O)CC12CC3CC(CC(C3)C1)C2)C(=O)OC. The number of hydrogen-bond acceptors (Lipinski definition) is 6. The first-order valence-corrected chi connectivity index (χ1v) is 13.9. The van der Waals surface area contributed by atoms with Crippen LogP contribution in [0.5, 0.6) is 0 Å². The zero-order valence-corrected chi connectivity index (χ0v) is 21.1. The predicted octanol–water partition coefficient (Wildman–Crippen LogP) is 5.34. The van der Waals surface area contributed by atoms with Crippen LogP contribution in [0.1, 0.15) is 89.9 Å². The standard InChI is InChI=1S/C29H40O6/c1-17(26(32)33-2)34-27(24(30)15-28-9-18-3-19(10-28)5-20(4-18)11-28)35-25(31)16-29-12-21-6-22(13-29)8-23(7-21)14-29/h18-23,27H,1,3-16H2,2H3. The number of esters is 2. The van der Waals surface area contributed by atoms with Crippen LogP contribution in [-0.2, 0) is 28.6 Å². The van der Waals surface area contributed by atoms with Crippen LogP contribution in [-0.4, -0.2) is 31.1 Å². The lowest BCUT2D eigenvalue weighted by Crippen LogP contribution is -2.49. The van der Waals surface area contributed by atoms with E-state index < -0.39 is 12.3 Å². The van der Waals surface area contributed by atoms with Gasteiger partial charge >= 0.3 is 18.2 Å². The van der Waals surface area contributed by atoms with Crippen molar-refractivity contribution in [2.75, 3.05) is 7.11 Å². The predicted molar refractivity (Wildman–Crippen MR) is 128 cm³/mol. The van der Waals surface area contributed by atoms with Gasteiger partial charge < -0.3 is 14.2 Å². The van der Waals surface area contributed by atoms with Crippen LogP contribution in [0, 0.1) is 46.3 Å². The maximum absolute atomic E-state index is 13.6. The van der Waals surface area contributed by atoms with Crippen LogP contribution in [0.2, 0.25) is 0 Å². The van der Waals surface area contributed by atoms with E-state index in [1.165, 1.54) is 45.6 Å². The van der Waals surface area contributed by atoms with Crippen molar-refractivity contribution < 1.29 is 28.6 Å². The molecule has 1 unspecified atom stereocenters. The molecule has 8 saturated carbocycles. The lowest BCUT2D eigenvalue weighted by atomic mass is 9.48. The Kier molecular flexibility index (Phi) is 5.80. The van der Waals surface area contributed by atoms with E-state index in [0.29, 0.717) is 12.8 Å². The zero-order valence-electron chi connectivity index (χ0n) is 21.1. The lowest BCUT2D eigenvalue weighted by molar-refractivity contribution is -0.188. The third-order valence-corrected chi connectivity index (χ3v) is 10.6. The Labute approximate surface area is 208 Å². The van der Waals surface area contributed by atoms with Crippen molar-refractivity contribution >= 4 is 17.7 Å². The van der Waals surface area contributed by atoms with Gasteiger partial charge in [0.05, 0.1) is 13.5 Å². The first-order chi connectivity index (χ1) is 16.7. The molecular formula is C29H40O6. The molecule has 6 heteroatoms. The van der Waals surface area contributed by atoms with Crippen molar-refractivity contribution in [3.8, 4) is 0 Å². The van der Waals surface area contributed by atoms with Gasteiger partial charge in [-0.1, -0.05) is 0 Å². The number of Topliss-reactive ketones (excluding diaryl/α,β-unsaturated/α-hetero) is 1. The number of rotatable bonds is 9. The number of carbonyl (C=O) groups is 3. The summed E-state index contributed by atoms with van der Waals surface area (Å²) in [6.07, 6.45) is 13.6. The highest BCUT2D eigenvalue weighted by atomic mass is 16.7. The minimum atomic E-state index is -1.42. The fraction of sp³-hybridized carbons (Fsp3) is 0.828. The van der Waals surface area contributed by atoms with Crippen molar-refractivity contribution in [3.05, 3.63) is 12.3 Å². The molecule has 0 aliphatic heterocycles. The number of carbonyl (C=O) groups excluding carboxylic acids is 3. The Morgan fingerprint density at radius 1 is 0.714 bits per heavy atom. The second kappa shape index (κ2) is 8.62. The summed E-state index contributed by atoms with van der Waals surface area (Å²) >= 11 is 0. The number of hydrogen-bond donors (Lipinski definition) is 0.